The highest BCUT2D eigenvalue weighted by Crippen LogP contribution is 2.24. The Bertz CT molecular complexity index is 405. The number of halogens is 1. The monoisotopic (exact) mass is 330 g/mol. The van der Waals surface area contributed by atoms with Gasteiger partial charge in [0.25, 0.3) is 0 Å². The fraction of sp³-hybridized carbons (Fsp3) is 0.500. The molecule has 0 saturated carbocycles. The Labute approximate surface area is 122 Å². The number of Topliss-reactive ketones (excluding diaryl/α,β-unsaturated/α-hetero) is 1. The second-order valence-electron chi connectivity index (χ2n) is 4.58. The zero-order valence-electron chi connectivity index (χ0n) is 11.0. The maximum atomic E-state index is 11.9. The van der Waals surface area contributed by atoms with Gasteiger partial charge in [-0.15, -0.1) is 0 Å². The van der Waals surface area contributed by atoms with E-state index in [9.17, 15) is 4.79 Å². The van der Waals surface area contributed by atoms with E-state index in [1.165, 1.54) is 0 Å². The SMILES string of the molecule is COc1ccc(Br)cc1CC(=O)CSCC(C)C. The van der Waals surface area contributed by atoms with Crippen molar-refractivity contribution in [2.75, 3.05) is 18.6 Å². The number of benzene rings is 1. The first-order valence-electron chi connectivity index (χ1n) is 5.94. The van der Waals surface area contributed by atoms with Gasteiger partial charge in [-0.05, 0) is 29.9 Å². The zero-order valence-corrected chi connectivity index (χ0v) is 13.4. The lowest BCUT2D eigenvalue weighted by molar-refractivity contribution is -0.116. The summed E-state index contributed by atoms with van der Waals surface area (Å²) in [5, 5.41) is 0. The van der Waals surface area contributed by atoms with Crippen molar-refractivity contribution in [1.29, 1.82) is 0 Å². The van der Waals surface area contributed by atoms with Crippen LogP contribution in [0.3, 0.4) is 0 Å². The van der Waals surface area contributed by atoms with Gasteiger partial charge < -0.3 is 4.74 Å². The zero-order chi connectivity index (χ0) is 13.5. The second-order valence-corrected chi connectivity index (χ2v) is 6.53. The van der Waals surface area contributed by atoms with Crippen LogP contribution in [0, 0.1) is 5.92 Å². The molecule has 0 spiro atoms. The van der Waals surface area contributed by atoms with E-state index in [-0.39, 0.29) is 5.78 Å². The molecule has 18 heavy (non-hydrogen) atoms. The molecule has 0 heterocycles. The molecule has 0 aliphatic heterocycles. The van der Waals surface area contributed by atoms with Gasteiger partial charge in [0.05, 0.1) is 12.9 Å². The number of carbonyl (C=O) groups is 1. The lowest BCUT2D eigenvalue weighted by atomic mass is 10.1. The molecule has 0 N–H and O–H groups in total. The molecule has 0 amide bonds. The molecule has 0 fully saturated rings. The van der Waals surface area contributed by atoms with E-state index in [2.05, 4.69) is 29.8 Å². The summed E-state index contributed by atoms with van der Waals surface area (Å²) in [6.45, 7) is 4.32. The van der Waals surface area contributed by atoms with E-state index < -0.39 is 0 Å². The Hall–Kier alpha value is -0.480. The van der Waals surface area contributed by atoms with Crippen LogP contribution in [0.2, 0.25) is 0 Å². The fourth-order valence-electron chi connectivity index (χ4n) is 1.56. The predicted molar refractivity (Wildman–Crippen MR) is 81.6 cm³/mol. The van der Waals surface area contributed by atoms with Crippen LogP contribution in [0.5, 0.6) is 5.75 Å². The highest BCUT2D eigenvalue weighted by atomic mass is 79.9. The summed E-state index contributed by atoms with van der Waals surface area (Å²) in [7, 11) is 1.63. The average Bonchev–Trinajstić information content (AvgIpc) is 2.28. The number of hydrogen-bond donors (Lipinski definition) is 0. The van der Waals surface area contributed by atoms with Crippen LogP contribution in [0.1, 0.15) is 19.4 Å². The van der Waals surface area contributed by atoms with Gasteiger partial charge in [-0.3, -0.25) is 4.79 Å². The van der Waals surface area contributed by atoms with E-state index in [0.717, 1.165) is 21.5 Å². The normalized spacial score (nSPS) is 10.7. The van der Waals surface area contributed by atoms with E-state index >= 15 is 0 Å². The van der Waals surface area contributed by atoms with Gasteiger partial charge in [0.2, 0.25) is 0 Å². The van der Waals surface area contributed by atoms with Crippen molar-refractivity contribution in [2.45, 2.75) is 20.3 Å². The summed E-state index contributed by atoms with van der Waals surface area (Å²) in [4.78, 5) is 11.9. The Morgan fingerprint density at radius 1 is 1.44 bits per heavy atom. The lowest BCUT2D eigenvalue weighted by Crippen LogP contribution is -2.08. The van der Waals surface area contributed by atoms with Gasteiger partial charge in [-0.25, -0.2) is 0 Å². The van der Waals surface area contributed by atoms with Gasteiger partial charge in [0.15, 0.2) is 0 Å². The molecule has 0 aliphatic rings. The quantitative estimate of drug-likeness (QED) is 0.756. The van der Waals surface area contributed by atoms with Crippen molar-refractivity contribution in [3.05, 3.63) is 28.2 Å². The van der Waals surface area contributed by atoms with Gasteiger partial charge in [-0.2, -0.15) is 11.8 Å². The third-order valence-electron chi connectivity index (χ3n) is 2.34. The molecule has 0 aromatic heterocycles. The molecule has 0 atom stereocenters. The Morgan fingerprint density at radius 2 is 2.17 bits per heavy atom. The topological polar surface area (TPSA) is 26.3 Å². The van der Waals surface area contributed by atoms with Crippen molar-refractivity contribution in [2.24, 2.45) is 5.92 Å². The largest absolute Gasteiger partial charge is 0.496 e. The van der Waals surface area contributed by atoms with Crippen LogP contribution in [0.15, 0.2) is 22.7 Å². The highest BCUT2D eigenvalue weighted by Gasteiger charge is 2.10. The molecule has 0 aliphatic carbocycles. The number of rotatable bonds is 7. The van der Waals surface area contributed by atoms with Crippen LogP contribution < -0.4 is 4.74 Å². The minimum absolute atomic E-state index is 0.247. The number of thioether (sulfide) groups is 1. The standard InChI is InChI=1S/C14H19BrO2S/c1-10(2)8-18-9-13(16)7-11-6-12(15)4-5-14(11)17-3/h4-6,10H,7-9H2,1-3H3. The molecule has 100 valence electrons. The third kappa shape index (κ3) is 5.44. The van der Waals surface area contributed by atoms with Gasteiger partial charge >= 0.3 is 0 Å². The molecule has 0 bridgehead atoms. The fourth-order valence-corrected chi connectivity index (χ4v) is 2.88. The maximum absolute atomic E-state index is 11.9. The molecular weight excluding hydrogens is 312 g/mol. The van der Waals surface area contributed by atoms with Crippen molar-refractivity contribution in [1.82, 2.24) is 0 Å². The van der Waals surface area contributed by atoms with Crippen LogP contribution >= 0.6 is 27.7 Å². The van der Waals surface area contributed by atoms with Crippen molar-refractivity contribution in [3.63, 3.8) is 0 Å². The molecule has 1 aromatic carbocycles. The Balaban J connectivity index is 2.55. The first-order valence-corrected chi connectivity index (χ1v) is 7.89. The minimum atomic E-state index is 0.247. The summed E-state index contributed by atoms with van der Waals surface area (Å²) in [6.07, 6.45) is 0.438. The third-order valence-corrected chi connectivity index (χ3v) is 4.27. The average molecular weight is 331 g/mol. The summed E-state index contributed by atoms with van der Waals surface area (Å²) in [5.74, 6) is 3.26. The smallest absolute Gasteiger partial charge is 0.147 e. The van der Waals surface area contributed by atoms with Crippen LogP contribution in [0.4, 0.5) is 0 Å². The molecule has 0 saturated heterocycles. The molecule has 0 radical (unpaired) electrons. The van der Waals surface area contributed by atoms with Crippen LogP contribution in [-0.4, -0.2) is 24.4 Å². The summed E-state index contributed by atoms with van der Waals surface area (Å²) in [5.41, 5.74) is 0.946. The number of carbonyl (C=O) groups excluding carboxylic acids is 1. The van der Waals surface area contributed by atoms with E-state index in [1.807, 2.05) is 18.2 Å². The summed E-state index contributed by atoms with van der Waals surface area (Å²) in [6, 6.07) is 5.75. The molecule has 4 heteroatoms. The maximum Gasteiger partial charge on any atom is 0.147 e. The number of ketones is 1. The number of hydrogen-bond acceptors (Lipinski definition) is 3. The molecular formula is C14H19BrO2S. The molecule has 2 nitrogen and oxygen atoms in total. The van der Waals surface area contributed by atoms with E-state index in [0.29, 0.717) is 18.1 Å². The predicted octanol–water partition coefficient (Wildman–Crippen LogP) is 3.96. The first kappa shape index (κ1) is 15.6. The van der Waals surface area contributed by atoms with Gasteiger partial charge in [0, 0.05) is 16.5 Å². The molecule has 1 rings (SSSR count). The Kier molecular flexibility index (Phi) is 6.79. The van der Waals surface area contributed by atoms with Crippen molar-refractivity contribution >= 4 is 33.5 Å². The van der Waals surface area contributed by atoms with E-state index in [1.54, 1.807) is 18.9 Å². The number of ether oxygens (including phenoxy) is 1. The Morgan fingerprint density at radius 3 is 2.78 bits per heavy atom. The van der Waals surface area contributed by atoms with Crippen molar-refractivity contribution in [3.8, 4) is 5.75 Å². The van der Waals surface area contributed by atoms with Gasteiger partial charge in [-0.1, -0.05) is 29.8 Å². The molecule has 1 aromatic rings. The first-order chi connectivity index (χ1) is 8.52. The highest BCUT2D eigenvalue weighted by molar-refractivity contribution is 9.10. The molecule has 0 unspecified atom stereocenters. The summed E-state index contributed by atoms with van der Waals surface area (Å²) < 4.78 is 6.24. The van der Waals surface area contributed by atoms with E-state index in [4.69, 9.17) is 4.74 Å². The summed E-state index contributed by atoms with van der Waals surface area (Å²) >= 11 is 5.12. The van der Waals surface area contributed by atoms with Crippen LogP contribution in [0.25, 0.3) is 0 Å². The second kappa shape index (κ2) is 7.85. The van der Waals surface area contributed by atoms with Crippen molar-refractivity contribution < 1.29 is 9.53 Å². The number of methoxy groups -OCH3 is 1. The minimum Gasteiger partial charge on any atom is -0.496 e. The van der Waals surface area contributed by atoms with Gasteiger partial charge in [0.1, 0.15) is 11.5 Å². The lowest BCUT2D eigenvalue weighted by Gasteiger charge is -2.09. The van der Waals surface area contributed by atoms with Crippen LogP contribution in [-0.2, 0) is 11.2 Å².